The molecule has 1 unspecified atom stereocenters. The highest BCUT2D eigenvalue weighted by Gasteiger charge is 2.24. The van der Waals surface area contributed by atoms with Gasteiger partial charge in [0.25, 0.3) is 0 Å². The largest absolute Gasteiger partial charge is 0.478 e. The summed E-state index contributed by atoms with van der Waals surface area (Å²) in [6.45, 7) is 4.76. The number of benzene rings is 1. The van der Waals surface area contributed by atoms with Crippen LogP contribution in [0.1, 0.15) is 18.6 Å². The first-order valence-electron chi connectivity index (χ1n) is 6.81. The van der Waals surface area contributed by atoms with E-state index in [4.69, 9.17) is 4.74 Å². The maximum Gasteiger partial charge on any atom is 0.406 e. The van der Waals surface area contributed by atoms with Crippen LogP contribution in [-0.4, -0.2) is 23.2 Å². The molecular weight excluding hydrogens is 322 g/mol. The minimum Gasteiger partial charge on any atom is -0.478 e. The fraction of sp³-hybridized carbons (Fsp3) is 0.267. The first-order valence-corrected chi connectivity index (χ1v) is 9.41. The van der Waals surface area contributed by atoms with Gasteiger partial charge >= 0.3 is 5.82 Å². The number of rotatable bonds is 5. The van der Waals surface area contributed by atoms with Crippen molar-refractivity contribution in [3.05, 3.63) is 58.0 Å². The highest BCUT2D eigenvalue weighted by molar-refractivity contribution is 7.70. The molecule has 23 heavy (non-hydrogen) atoms. The van der Waals surface area contributed by atoms with Gasteiger partial charge in [0, 0.05) is 10.9 Å². The van der Waals surface area contributed by atoms with Crippen LogP contribution in [0, 0.1) is 15.9 Å². The van der Waals surface area contributed by atoms with E-state index in [1.807, 2.05) is 0 Å². The zero-order chi connectivity index (χ0) is 17.2. The number of nitrogens with zero attached hydrogens (tertiary/aromatic N) is 2. The lowest BCUT2D eigenvalue weighted by Crippen LogP contribution is -2.17. The molecule has 0 N–H and O–H groups in total. The Labute approximate surface area is 132 Å². The van der Waals surface area contributed by atoms with Crippen molar-refractivity contribution in [3.8, 4) is 5.75 Å². The first-order chi connectivity index (χ1) is 10.7. The number of hydrogen-bond donors (Lipinski definition) is 0. The van der Waals surface area contributed by atoms with Crippen LogP contribution >= 0.6 is 7.14 Å². The molecule has 1 aromatic carbocycles. The fourth-order valence-corrected chi connectivity index (χ4v) is 3.51. The third-order valence-electron chi connectivity index (χ3n) is 3.24. The second-order valence-corrected chi connectivity index (χ2v) is 8.58. The summed E-state index contributed by atoms with van der Waals surface area (Å²) in [5.41, 5.74) is 0.400. The van der Waals surface area contributed by atoms with Gasteiger partial charge in [0.2, 0.25) is 5.75 Å². The van der Waals surface area contributed by atoms with Crippen molar-refractivity contribution in [2.45, 2.75) is 13.0 Å². The smallest absolute Gasteiger partial charge is 0.406 e. The lowest BCUT2D eigenvalue weighted by Gasteiger charge is -2.20. The van der Waals surface area contributed by atoms with E-state index in [1.165, 1.54) is 36.5 Å². The lowest BCUT2D eigenvalue weighted by atomic mass is 10.1. The van der Waals surface area contributed by atoms with Crippen molar-refractivity contribution in [1.82, 2.24) is 4.98 Å². The van der Waals surface area contributed by atoms with Crippen molar-refractivity contribution in [3.63, 3.8) is 0 Å². The molecule has 1 heterocycles. The molecule has 8 heteroatoms. The van der Waals surface area contributed by atoms with E-state index in [0.29, 0.717) is 10.9 Å². The predicted octanol–water partition coefficient (Wildman–Crippen LogP) is 3.52. The van der Waals surface area contributed by atoms with Crippen LogP contribution in [0.3, 0.4) is 0 Å². The van der Waals surface area contributed by atoms with Crippen LogP contribution in [0.4, 0.5) is 10.2 Å². The minimum absolute atomic E-state index is 0.0257. The zero-order valence-electron chi connectivity index (χ0n) is 12.9. The summed E-state index contributed by atoms with van der Waals surface area (Å²) in [4.78, 5) is 14.0. The average molecular weight is 338 g/mol. The van der Waals surface area contributed by atoms with Crippen molar-refractivity contribution >= 4 is 18.3 Å². The van der Waals surface area contributed by atoms with Gasteiger partial charge in [0.05, 0.1) is 0 Å². The van der Waals surface area contributed by atoms with Crippen molar-refractivity contribution in [2.24, 2.45) is 0 Å². The molecule has 0 fully saturated rings. The van der Waals surface area contributed by atoms with Crippen molar-refractivity contribution in [1.29, 1.82) is 0 Å². The molecule has 0 bridgehead atoms. The summed E-state index contributed by atoms with van der Waals surface area (Å²) < 4.78 is 31.5. The van der Waals surface area contributed by atoms with E-state index in [1.54, 1.807) is 20.3 Å². The van der Waals surface area contributed by atoms with Gasteiger partial charge in [-0.1, -0.05) is 0 Å². The molecule has 0 amide bonds. The Kier molecular flexibility index (Phi) is 4.80. The van der Waals surface area contributed by atoms with Gasteiger partial charge in [-0.05, 0) is 60.5 Å². The predicted molar refractivity (Wildman–Crippen MR) is 85.4 cm³/mol. The average Bonchev–Trinajstić information content (AvgIpc) is 2.46. The Morgan fingerprint density at radius 2 is 2.04 bits per heavy atom. The van der Waals surface area contributed by atoms with Gasteiger partial charge in [-0.2, -0.15) is 0 Å². The Bertz CT molecular complexity index is 791. The Hall–Kier alpha value is -2.27. The lowest BCUT2D eigenvalue weighted by molar-refractivity contribution is -0.390. The molecule has 0 saturated carbocycles. The topological polar surface area (TPSA) is 82.3 Å². The molecule has 0 saturated heterocycles. The molecule has 0 aliphatic carbocycles. The monoisotopic (exact) mass is 338 g/mol. The highest BCUT2D eigenvalue weighted by Crippen LogP contribution is 2.39. The van der Waals surface area contributed by atoms with Gasteiger partial charge in [-0.15, -0.1) is 0 Å². The Balaban J connectivity index is 2.43. The number of hydrogen-bond acceptors (Lipinski definition) is 5. The Morgan fingerprint density at radius 1 is 1.35 bits per heavy atom. The summed E-state index contributed by atoms with van der Waals surface area (Å²) in [6, 6.07) is 6.85. The van der Waals surface area contributed by atoms with E-state index >= 15 is 0 Å². The highest BCUT2D eigenvalue weighted by atomic mass is 31.2. The SMILES string of the molecule is CC(Oc1cccnc1[N+](=O)[O-])c1cc(F)ccc1P(C)(C)=O. The van der Waals surface area contributed by atoms with Gasteiger partial charge in [-0.3, -0.25) is 0 Å². The fourth-order valence-electron chi connectivity index (χ4n) is 2.21. The summed E-state index contributed by atoms with van der Waals surface area (Å²) in [6.07, 6.45) is 0.562. The van der Waals surface area contributed by atoms with Crippen LogP contribution < -0.4 is 10.0 Å². The molecule has 1 atom stereocenters. The second kappa shape index (κ2) is 6.46. The first kappa shape index (κ1) is 17.1. The van der Waals surface area contributed by atoms with Gasteiger partial charge < -0.3 is 19.4 Å². The number of halogens is 1. The van der Waals surface area contributed by atoms with Gasteiger partial charge in [0.15, 0.2) is 0 Å². The van der Waals surface area contributed by atoms with Crippen LogP contribution in [0.5, 0.6) is 5.75 Å². The molecule has 0 radical (unpaired) electrons. The molecule has 122 valence electrons. The zero-order valence-corrected chi connectivity index (χ0v) is 13.8. The van der Waals surface area contributed by atoms with Crippen LogP contribution in [0.25, 0.3) is 0 Å². The van der Waals surface area contributed by atoms with Crippen LogP contribution in [-0.2, 0) is 4.57 Å². The molecule has 0 spiro atoms. The van der Waals surface area contributed by atoms with E-state index in [-0.39, 0.29) is 5.75 Å². The summed E-state index contributed by atoms with van der Waals surface area (Å²) in [5, 5.41) is 11.5. The summed E-state index contributed by atoms with van der Waals surface area (Å²) >= 11 is 0. The summed E-state index contributed by atoms with van der Waals surface area (Å²) in [7, 11) is -2.66. The maximum absolute atomic E-state index is 13.6. The summed E-state index contributed by atoms with van der Waals surface area (Å²) in [5.74, 6) is -0.941. The molecular formula is C15H16FN2O4P. The van der Waals surface area contributed by atoms with E-state index in [0.717, 1.165) is 0 Å². The van der Waals surface area contributed by atoms with Crippen molar-refractivity contribution < 1.29 is 18.6 Å². The third-order valence-corrected chi connectivity index (χ3v) is 4.80. The quantitative estimate of drug-likeness (QED) is 0.473. The third kappa shape index (κ3) is 3.93. The Morgan fingerprint density at radius 3 is 2.65 bits per heavy atom. The van der Waals surface area contributed by atoms with E-state index in [9.17, 15) is 19.1 Å². The second-order valence-electron chi connectivity index (χ2n) is 5.40. The maximum atomic E-state index is 13.6. The van der Waals surface area contributed by atoms with Crippen LogP contribution in [0.2, 0.25) is 0 Å². The van der Waals surface area contributed by atoms with Crippen LogP contribution in [0.15, 0.2) is 36.5 Å². The molecule has 2 rings (SSSR count). The molecule has 6 nitrogen and oxygen atoms in total. The molecule has 0 aliphatic rings. The number of nitro groups is 1. The number of aromatic nitrogens is 1. The molecule has 2 aromatic rings. The van der Waals surface area contributed by atoms with E-state index < -0.39 is 29.8 Å². The van der Waals surface area contributed by atoms with E-state index in [2.05, 4.69) is 4.98 Å². The molecule has 1 aromatic heterocycles. The number of ether oxygens (including phenoxy) is 1. The normalized spacial score (nSPS) is 12.7. The molecule has 0 aliphatic heterocycles. The van der Waals surface area contributed by atoms with Gasteiger partial charge in [-0.25, -0.2) is 4.39 Å². The minimum atomic E-state index is -2.66. The standard InChI is InChI=1S/C15H16FN2O4P/c1-10(22-13-5-4-8-17-15(13)18(19)20)12-9-11(16)6-7-14(12)23(2,3)21/h4-10H,1-3H3. The van der Waals surface area contributed by atoms with Gasteiger partial charge in [0.1, 0.15) is 25.3 Å². The number of pyridine rings is 1. The van der Waals surface area contributed by atoms with Crippen molar-refractivity contribution in [2.75, 3.05) is 13.3 Å².